The van der Waals surface area contributed by atoms with Gasteiger partial charge in [0.05, 0.1) is 6.04 Å². The number of hydrogen-bond donors (Lipinski definition) is 0. The molecule has 1 saturated heterocycles. The highest BCUT2D eigenvalue weighted by Gasteiger charge is 2.28. The summed E-state index contributed by atoms with van der Waals surface area (Å²) in [5, 5.41) is 0. The van der Waals surface area contributed by atoms with Crippen LogP contribution in [0.15, 0.2) is 30.3 Å². The van der Waals surface area contributed by atoms with Crippen molar-refractivity contribution in [3.63, 3.8) is 0 Å². The minimum absolute atomic E-state index is 0.166. The van der Waals surface area contributed by atoms with Crippen LogP contribution in [0.2, 0.25) is 0 Å². The van der Waals surface area contributed by atoms with Crippen LogP contribution in [0.1, 0.15) is 18.9 Å². The second-order valence-electron chi connectivity index (χ2n) is 4.21. The molecule has 1 aromatic rings. The number of ether oxygens (including phenoxy) is 1. The van der Waals surface area contributed by atoms with Gasteiger partial charge >= 0.3 is 6.09 Å². The zero-order valence-corrected chi connectivity index (χ0v) is 9.56. The molecule has 86 valence electrons. The molecule has 0 spiro atoms. The van der Waals surface area contributed by atoms with Crippen molar-refractivity contribution < 1.29 is 9.53 Å². The number of hydrogen-bond acceptors (Lipinski definition) is 2. The van der Waals surface area contributed by atoms with Crippen LogP contribution in [0.4, 0.5) is 4.79 Å². The van der Waals surface area contributed by atoms with E-state index in [4.69, 9.17) is 4.74 Å². The average Bonchev–Trinajstić information content (AvgIpc) is 2.62. The minimum Gasteiger partial charge on any atom is -0.447 e. The molecule has 1 aliphatic heterocycles. The lowest BCUT2D eigenvalue weighted by Gasteiger charge is -2.17. The zero-order valence-electron chi connectivity index (χ0n) is 9.56. The van der Waals surface area contributed by atoms with Gasteiger partial charge in [0.1, 0.15) is 6.61 Å². The smallest absolute Gasteiger partial charge is 0.410 e. The van der Waals surface area contributed by atoms with Gasteiger partial charge in [-0.1, -0.05) is 30.3 Å². The van der Waals surface area contributed by atoms with Crippen LogP contribution < -0.4 is 0 Å². The van der Waals surface area contributed by atoms with Crippen molar-refractivity contribution in [2.75, 3.05) is 13.2 Å². The molecule has 1 fully saturated rings. The van der Waals surface area contributed by atoms with Crippen LogP contribution in [-0.4, -0.2) is 30.2 Å². The Morgan fingerprint density at radius 3 is 2.75 bits per heavy atom. The first kappa shape index (κ1) is 11.0. The number of aryl methyl sites for hydroxylation is 1. The van der Waals surface area contributed by atoms with Gasteiger partial charge in [-0.3, -0.25) is 0 Å². The molecule has 0 aromatic heterocycles. The number of benzene rings is 1. The monoisotopic (exact) mass is 219 g/mol. The van der Waals surface area contributed by atoms with Crippen molar-refractivity contribution in [1.82, 2.24) is 4.90 Å². The maximum Gasteiger partial charge on any atom is 0.410 e. The van der Waals surface area contributed by atoms with Gasteiger partial charge in [0, 0.05) is 6.54 Å². The maximum absolute atomic E-state index is 11.3. The summed E-state index contributed by atoms with van der Waals surface area (Å²) in [6, 6.07) is 10.6. The lowest BCUT2D eigenvalue weighted by molar-refractivity contribution is 0.157. The number of nitrogens with zero attached hydrogens (tertiary/aromatic N) is 1. The van der Waals surface area contributed by atoms with Crippen LogP contribution >= 0.6 is 0 Å². The van der Waals surface area contributed by atoms with Crippen LogP contribution in [0.3, 0.4) is 0 Å². The normalized spacial score (nSPS) is 19.9. The second kappa shape index (κ2) is 5.01. The van der Waals surface area contributed by atoms with E-state index in [1.165, 1.54) is 5.56 Å². The Kier molecular flexibility index (Phi) is 3.44. The zero-order chi connectivity index (χ0) is 11.4. The quantitative estimate of drug-likeness (QED) is 0.778. The van der Waals surface area contributed by atoms with Gasteiger partial charge in [-0.05, 0) is 25.3 Å². The summed E-state index contributed by atoms with van der Waals surface area (Å²) in [6.45, 7) is 3.34. The van der Waals surface area contributed by atoms with Gasteiger partial charge in [0.2, 0.25) is 0 Å². The Hall–Kier alpha value is -1.51. The predicted octanol–water partition coefficient (Wildman–Crippen LogP) is 2.46. The van der Waals surface area contributed by atoms with Gasteiger partial charge in [0.25, 0.3) is 0 Å². The third-order valence-corrected chi connectivity index (χ3v) is 2.92. The van der Waals surface area contributed by atoms with Gasteiger partial charge < -0.3 is 9.64 Å². The summed E-state index contributed by atoms with van der Waals surface area (Å²) in [5.74, 6) is 0. The van der Waals surface area contributed by atoms with Crippen LogP contribution in [0.5, 0.6) is 0 Å². The van der Waals surface area contributed by atoms with E-state index in [0.717, 1.165) is 19.4 Å². The van der Waals surface area contributed by atoms with Crippen molar-refractivity contribution in [3.8, 4) is 0 Å². The number of carbonyl (C=O) groups is 1. The van der Waals surface area contributed by atoms with Crippen molar-refractivity contribution in [2.24, 2.45) is 0 Å². The largest absolute Gasteiger partial charge is 0.447 e. The number of cyclic esters (lactones) is 1. The fourth-order valence-corrected chi connectivity index (χ4v) is 1.95. The summed E-state index contributed by atoms with van der Waals surface area (Å²) in [6.07, 6.45) is 1.83. The van der Waals surface area contributed by atoms with E-state index in [9.17, 15) is 4.79 Å². The standard InChI is InChI=1S/C13H17NO2/c1-11-10-16-13(15)14(11)9-5-8-12-6-3-2-4-7-12/h2-4,6-7,11H,5,8-10H2,1H3/t11-/m0/s1. The summed E-state index contributed by atoms with van der Waals surface area (Å²) in [4.78, 5) is 13.1. The summed E-state index contributed by atoms with van der Waals surface area (Å²) >= 11 is 0. The molecule has 0 aliphatic carbocycles. The highest BCUT2D eigenvalue weighted by Crippen LogP contribution is 2.13. The number of rotatable bonds is 4. The van der Waals surface area contributed by atoms with Crippen molar-refractivity contribution in [2.45, 2.75) is 25.8 Å². The molecule has 3 nitrogen and oxygen atoms in total. The lowest BCUT2D eigenvalue weighted by atomic mass is 10.1. The Balaban J connectivity index is 1.78. The highest BCUT2D eigenvalue weighted by atomic mass is 16.6. The van der Waals surface area contributed by atoms with Crippen molar-refractivity contribution in [1.29, 1.82) is 0 Å². The van der Waals surface area contributed by atoms with E-state index >= 15 is 0 Å². The second-order valence-corrected chi connectivity index (χ2v) is 4.21. The third-order valence-electron chi connectivity index (χ3n) is 2.92. The first-order valence-electron chi connectivity index (χ1n) is 5.74. The molecule has 0 radical (unpaired) electrons. The van der Waals surface area contributed by atoms with Gasteiger partial charge in [-0.2, -0.15) is 0 Å². The third kappa shape index (κ3) is 2.54. The molecule has 1 aromatic carbocycles. The van der Waals surface area contributed by atoms with E-state index in [0.29, 0.717) is 6.61 Å². The fourth-order valence-electron chi connectivity index (χ4n) is 1.95. The van der Waals surface area contributed by atoms with Crippen LogP contribution in [0, 0.1) is 0 Å². The Morgan fingerprint density at radius 2 is 2.12 bits per heavy atom. The van der Waals surface area contributed by atoms with Crippen molar-refractivity contribution in [3.05, 3.63) is 35.9 Å². The molecule has 1 heterocycles. The van der Waals surface area contributed by atoms with Crippen LogP contribution in [0.25, 0.3) is 0 Å². The Morgan fingerprint density at radius 1 is 1.38 bits per heavy atom. The molecule has 2 rings (SSSR count). The molecule has 0 bridgehead atoms. The topological polar surface area (TPSA) is 29.5 Å². The lowest BCUT2D eigenvalue weighted by Crippen LogP contribution is -2.32. The number of amides is 1. The van der Waals surface area contributed by atoms with Crippen LogP contribution in [-0.2, 0) is 11.2 Å². The first-order chi connectivity index (χ1) is 7.77. The highest BCUT2D eigenvalue weighted by molar-refractivity contribution is 5.69. The molecule has 0 saturated carbocycles. The van der Waals surface area contributed by atoms with E-state index < -0.39 is 0 Å². The SMILES string of the molecule is C[C@H]1COC(=O)N1CCCc1ccccc1. The van der Waals surface area contributed by atoms with E-state index in [-0.39, 0.29) is 12.1 Å². The molecule has 3 heteroatoms. The molecule has 0 N–H and O–H groups in total. The minimum atomic E-state index is -0.166. The molecule has 0 unspecified atom stereocenters. The summed E-state index contributed by atoms with van der Waals surface area (Å²) in [7, 11) is 0. The molecule has 1 atom stereocenters. The predicted molar refractivity (Wildman–Crippen MR) is 62.3 cm³/mol. The van der Waals surface area contributed by atoms with Gasteiger partial charge in [-0.15, -0.1) is 0 Å². The summed E-state index contributed by atoms with van der Waals surface area (Å²) < 4.78 is 4.97. The molecular formula is C13H17NO2. The van der Waals surface area contributed by atoms with Crippen molar-refractivity contribution >= 4 is 6.09 Å². The summed E-state index contributed by atoms with van der Waals surface area (Å²) in [5.41, 5.74) is 1.32. The molecule has 1 amide bonds. The fraction of sp³-hybridized carbons (Fsp3) is 0.462. The Bertz CT molecular complexity index is 350. The van der Waals surface area contributed by atoms with E-state index in [1.54, 1.807) is 0 Å². The molecule has 1 aliphatic rings. The molecular weight excluding hydrogens is 202 g/mol. The van der Waals surface area contributed by atoms with Gasteiger partial charge in [-0.25, -0.2) is 4.79 Å². The van der Waals surface area contributed by atoms with E-state index in [1.807, 2.05) is 30.0 Å². The average molecular weight is 219 g/mol. The first-order valence-corrected chi connectivity index (χ1v) is 5.74. The van der Waals surface area contributed by atoms with E-state index in [2.05, 4.69) is 12.1 Å². The maximum atomic E-state index is 11.3. The molecule has 16 heavy (non-hydrogen) atoms. The van der Waals surface area contributed by atoms with Gasteiger partial charge in [0.15, 0.2) is 0 Å². The number of carbonyl (C=O) groups excluding carboxylic acids is 1. The Labute approximate surface area is 96.0 Å².